The molecule has 9 heteroatoms. The lowest BCUT2D eigenvalue weighted by atomic mass is 10.2. The first-order chi connectivity index (χ1) is 11.3. The van der Waals surface area contributed by atoms with Crippen LogP contribution in [0.1, 0.15) is 17.7 Å². The highest BCUT2D eigenvalue weighted by Crippen LogP contribution is 2.32. The van der Waals surface area contributed by atoms with Crippen LogP contribution in [0.5, 0.6) is 0 Å². The molecular weight excluding hydrogens is 345 g/mol. The van der Waals surface area contributed by atoms with Crippen LogP contribution in [0.2, 0.25) is 5.02 Å². The predicted molar refractivity (Wildman–Crippen MR) is 86.7 cm³/mol. The van der Waals surface area contributed by atoms with Gasteiger partial charge in [-0.15, -0.1) is 0 Å². The third-order valence-electron chi connectivity index (χ3n) is 3.11. The van der Waals surface area contributed by atoms with Gasteiger partial charge in [-0.05, 0) is 25.0 Å². The fraction of sp³-hybridized carbons (Fsp3) is 0.333. The van der Waals surface area contributed by atoms with Gasteiger partial charge in [-0.1, -0.05) is 23.7 Å². The van der Waals surface area contributed by atoms with Crippen LogP contribution in [0.4, 0.5) is 30.6 Å². The van der Waals surface area contributed by atoms with Crippen molar-refractivity contribution < 1.29 is 18.3 Å². The van der Waals surface area contributed by atoms with E-state index in [0.29, 0.717) is 17.1 Å². The fourth-order valence-corrected chi connectivity index (χ4v) is 2.20. The third-order valence-corrected chi connectivity index (χ3v) is 3.42. The van der Waals surface area contributed by atoms with Gasteiger partial charge in [0.2, 0.25) is 5.95 Å². The van der Waals surface area contributed by atoms with Gasteiger partial charge in [-0.3, -0.25) is 0 Å². The molecule has 1 heterocycles. The van der Waals surface area contributed by atoms with Crippen molar-refractivity contribution in [3.05, 3.63) is 40.5 Å². The van der Waals surface area contributed by atoms with Crippen molar-refractivity contribution in [2.75, 3.05) is 23.8 Å². The van der Waals surface area contributed by atoms with Crippen molar-refractivity contribution in [2.24, 2.45) is 0 Å². The molecule has 0 aliphatic carbocycles. The van der Waals surface area contributed by atoms with Gasteiger partial charge in [0.15, 0.2) is 5.69 Å². The van der Waals surface area contributed by atoms with E-state index in [1.165, 1.54) is 0 Å². The Morgan fingerprint density at radius 2 is 2.00 bits per heavy atom. The first kappa shape index (κ1) is 18.3. The third kappa shape index (κ3) is 4.72. The van der Waals surface area contributed by atoms with E-state index in [1.807, 2.05) is 0 Å². The number of nitrogens with one attached hydrogen (secondary N) is 2. The smallest absolute Gasteiger partial charge is 0.396 e. The Hall–Kier alpha value is -2.06. The molecule has 5 nitrogen and oxygen atoms in total. The Kier molecular flexibility index (Phi) is 5.84. The monoisotopic (exact) mass is 360 g/mol. The van der Waals surface area contributed by atoms with E-state index in [4.69, 9.17) is 16.7 Å². The van der Waals surface area contributed by atoms with E-state index < -0.39 is 11.9 Å². The lowest BCUT2D eigenvalue weighted by Gasteiger charge is -2.14. The molecule has 0 saturated carbocycles. The number of alkyl halides is 3. The molecule has 0 bridgehead atoms. The number of aliphatic hydroxyl groups is 1. The zero-order chi connectivity index (χ0) is 17.7. The molecule has 0 unspecified atom stereocenters. The second-order valence-electron chi connectivity index (χ2n) is 5.02. The van der Waals surface area contributed by atoms with Gasteiger partial charge in [-0.25, -0.2) is 4.98 Å². The molecule has 130 valence electrons. The summed E-state index contributed by atoms with van der Waals surface area (Å²) in [6, 6.07) is 5.97. The second-order valence-corrected chi connectivity index (χ2v) is 5.43. The molecule has 0 spiro atoms. The van der Waals surface area contributed by atoms with Gasteiger partial charge in [0.05, 0.1) is 10.7 Å². The zero-order valence-electron chi connectivity index (χ0n) is 12.8. The van der Waals surface area contributed by atoms with Crippen molar-refractivity contribution in [1.29, 1.82) is 0 Å². The van der Waals surface area contributed by atoms with Crippen molar-refractivity contribution in [2.45, 2.75) is 19.5 Å². The van der Waals surface area contributed by atoms with Gasteiger partial charge in [0, 0.05) is 19.2 Å². The number of anilines is 3. The molecule has 3 N–H and O–H groups in total. The summed E-state index contributed by atoms with van der Waals surface area (Å²) < 4.78 is 39.1. The van der Waals surface area contributed by atoms with Gasteiger partial charge >= 0.3 is 6.18 Å². The molecule has 0 amide bonds. The van der Waals surface area contributed by atoms with Crippen molar-refractivity contribution >= 4 is 29.1 Å². The van der Waals surface area contributed by atoms with Crippen LogP contribution in [0.15, 0.2) is 24.3 Å². The van der Waals surface area contributed by atoms with Crippen LogP contribution in [-0.2, 0) is 6.18 Å². The minimum atomic E-state index is -4.61. The summed E-state index contributed by atoms with van der Waals surface area (Å²) in [7, 11) is 0. The topological polar surface area (TPSA) is 70.1 Å². The number of rotatable bonds is 6. The maximum absolute atomic E-state index is 13.0. The highest BCUT2D eigenvalue weighted by Gasteiger charge is 2.33. The van der Waals surface area contributed by atoms with Crippen LogP contribution in [0.3, 0.4) is 0 Å². The Morgan fingerprint density at radius 1 is 1.25 bits per heavy atom. The summed E-state index contributed by atoms with van der Waals surface area (Å²) in [6.07, 6.45) is -4.24. The first-order valence-electron chi connectivity index (χ1n) is 7.14. The molecule has 0 aliphatic heterocycles. The summed E-state index contributed by atoms with van der Waals surface area (Å²) in [5.74, 6) is -0.203. The quantitative estimate of drug-likeness (QED) is 0.679. The van der Waals surface area contributed by atoms with Crippen LogP contribution in [0.25, 0.3) is 0 Å². The van der Waals surface area contributed by atoms with E-state index >= 15 is 0 Å². The lowest BCUT2D eigenvalue weighted by Crippen LogP contribution is -2.14. The lowest BCUT2D eigenvalue weighted by molar-refractivity contribution is -0.141. The molecule has 1 aromatic carbocycles. The maximum Gasteiger partial charge on any atom is 0.433 e. The molecule has 2 rings (SSSR count). The minimum Gasteiger partial charge on any atom is -0.396 e. The number of aliphatic hydroxyl groups excluding tert-OH is 1. The molecule has 24 heavy (non-hydrogen) atoms. The molecule has 0 aliphatic rings. The number of benzene rings is 1. The largest absolute Gasteiger partial charge is 0.433 e. The van der Waals surface area contributed by atoms with Crippen molar-refractivity contribution in [1.82, 2.24) is 9.97 Å². The number of aromatic nitrogens is 2. The normalized spacial score (nSPS) is 11.4. The Morgan fingerprint density at radius 3 is 2.62 bits per heavy atom. The van der Waals surface area contributed by atoms with E-state index in [-0.39, 0.29) is 24.9 Å². The number of nitrogens with zero attached hydrogens (tertiary/aromatic N) is 2. The Bertz CT molecular complexity index is 689. The standard InChI is InChI=1S/C15H16ClF3N4O/c1-9-4-2-5-10(16)13(9)22-12-8-11(15(17,18)19)21-14(23-12)20-6-3-7-24/h2,4-5,8,24H,3,6-7H2,1H3,(H2,20,21,22,23). The highest BCUT2D eigenvalue weighted by atomic mass is 35.5. The molecule has 0 radical (unpaired) electrons. The SMILES string of the molecule is Cc1cccc(Cl)c1Nc1cc(C(F)(F)F)nc(NCCCO)n1. The summed E-state index contributed by atoms with van der Waals surface area (Å²) in [5, 5.41) is 14.6. The van der Waals surface area contributed by atoms with Crippen LogP contribution >= 0.6 is 11.6 Å². The number of para-hydroxylation sites is 1. The Labute approximate surface area is 141 Å². The zero-order valence-corrected chi connectivity index (χ0v) is 13.5. The van der Waals surface area contributed by atoms with Crippen LogP contribution in [0, 0.1) is 6.92 Å². The van der Waals surface area contributed by atoms with Gasteiger partial charge < -0.3 is 15.7 Å². The van der Waals surface area contributed by atoms with Crippen LogP contribution < -0.4 is 10.6 Å². The molecule has 0 fully saturated rings. The van der Waals surface area contributed by atoms with Gasteiger partial charge in [0.25, 0.3) is 0 Å². The molecular formula is C15H16ClF3N4O. The summed E-state index contributed by atoms with van der Waals surface area (Å²) >= 11 is 6.08. The number of hydrogen-bond donors (Lipinski definition) is 3. The van der Waals surface area contributed by atoms with Crippen molar-refractivity contribution in [3.8, 4) is 0 Å². The molecule has 0 atom stereocenters. The molecule has 0 saturated heterocycles. The predicted octanol–water partition coefficient (Wildman–Crippen LogP) is 4.00. The first-order valence-corrected chi connectivity index (χ1v) is 7.52. The second kappa shape index (κ2) is 7.67. The number of hydrogen-bond acceptors (Lipinski definition) is 5. The van der Waals surface area contributed by atoms with E-state index in [9.17, 15) is 13.2 Å². The van der Waals surface area contributed by atoms with E-state index in [1.54, 1.807) is 25.1 Å². The van der Waals surface area contributed by atoms with E-state index in [0.717, 1.165) is 11.6 Å². The van der Waals surface area contributed by atoms with Crippen LogP contribution in [-0.4, -0.2) is 28.2 Å². The Balaban J connectivity index is 2.35. The average molecular weight is 361 g/mol. The van der Waals surface area contributed by atoms with Gasteiger partial charge in [0.1, 0.15) is 5.82 Å². The van der Waals surface area contributed by atoms with E-state index in [2.05, 4.69) is 20.6 Å². The van der Waals surface area contributed by atoms with Crippen molar-refractivity contribution in [3.63, 3.8) is 0 Å². The molecule has 2 aromatic rings. The minimum absolute atomic E-state index is 0.0278. The maximum atomic E-state index is 13.0. The number of aryl methyl sites for hydroxylation is 1. The summed E-state index contributed by atoms with van der Waals surface area (Å²) in [5.41, 5.74) is 0.174. The summed E-state index contributed by atoms with van der Waals surface area (Å²) in [6.45, 7) is 1.94. The molecule has 1 aromatic heterocycles. The fourth-order valence-electron chi connectivity index (χ4n) is 1.93. The summed E-state index contributed by atoms with van der Waals surface area (Å²) in [4.78, 5) is 7.48. The highest BCUT2D eigenvalue weighted by molar-refractivity contribution is 6.33. The number of halogens is 4. The van der Waals surface area contributed by atoms with Gasteiger partial charge in [-0.2, -0.15) is 18.2 Å². The average Bonchev–Trinajstić information content (AvgIpc) is 2.50.